The summed E-state index contributed by atoms with van der Waals surface area (Å²) in [5.74, 6) is -0.247. The standard InChI is InChI=1S/C10H20O3/c1-9(2)7(6-11)10(3,13)5-4-8(9)12/h7-8,11-13H,4-6H2,1-3H3. The van der Waals surface area contributed by atoms with E-state index < -0.39 is 17.1 Å². The highest BCUT2D eigenvalue weighted by molar-refractivity contribution is 4.99. The van der Waals surface area contributed by atoms with Gasteiger partial charge in [0.25, 0.3) is 0 Å². The van der Waals surface area contributed by atoms with Crippen molar-refractivity contribution < 1.29 is 15.3 Å². The molecule has 1 aliphatic rings. The molecule has 13 heavy (non-hydrogen) atoms. The zero-order valence-electron chi connectivity index (χ0n) is 8.62. The van der Waals surface area contributed by atoms with Crippen LogP contribution in [0.15, 0.2) is 0 Å². The fourth-order valence-electron chi connectivity index (χ4n) is 2.44. The van der Waals surface area contributed by atoms with Crippen molar-refractivity contribution in [3.8, 4) is 0 Å². The van der Waals surface area contributed by atoms with Gasteiger partial charge in [0, 0.05) is 12.5 Å². The van der Waals surface area contributed by atoms with Crippen molar-refractivity contribution in [2.45, 2.75) is 45.3 Å². The summed E-state index contributed by atoms with van der Waals surface area (Å²) in [6.07, 6.45) is 0.740. The van der Waals surface area contributed by atoms with Crippen molar-refractivity contribution in [3.05, 3.63) is 0 Å². The second-order valence-corrected chi connectivity index (χ2v) is 4.97. The van der Waals surface area contributed by atoms with Crippen molar-refractivity contribution in [3.63, 3.8) is 0 Å². The van der Waals surface area contributed by atoms with Crippen LogP contribution >= 0.6 is 0 Å². The van der Waals surface area contributed by atoms with E-state index in [1.165, 1.54) is 0 Å². The Bertz CT molecular complexity index is 187. The lowest BCUT2D eigenvalue weighted by atomic mass is 9.61. The van der Waals surface area contributed by atoms with E-state index in [9.17, 15) is 15.3 Å². The Morgan fingerprint density at radius 2 is 1.85 bits per heavy atom. The van der Waals surface area contributed by atoms with Crippen LogP contribution in [0, 0.1) is 11.3 Å². The van der Waals surface area contributed by atoms with Gasteiger partial charge in [-0.15, -0.1) is 0 Å². The normalized spacial score (nSPS) is 44.8. The van der Waals surface area contributed by atoms with E-state index in [1.54, 1.807) is 6.92 Å². The van der Waals surface area contributed by atoms with Gasteiger partial charge in [-0.2, -0.15) is 0 Å². The molecule has 78 valence electrons. The molecule has 3 atom stereocenters. The second kappa shape index (κ2) is 3.23. The van der Waals surface area contributed by atoms with E-state index in [2.05, 4.69) is 0 Å². The van der Waals surface area contributed by atoms with Crippen molar-refractivity contribution in [1.82, 2.24) is 0 Å². The lowest BCUT2D eigenvalue weighted by Gasteiger charge is -2.49. The Balaban J connectivity index is 2.91. The average Bonchev–Trinajstić information content (AvgIpc) is 1.98. The minimum atomic E-state index is -0.850. The van der Waals surface area contributed by atoms with Gasteiger partial charge in [-0.3, -0.25) is 0 Å². The molecule has 1 fully saturated rings. The molecule has 0 spiro atoms. The lowest BCUT2D eigenvalue weighted by Crippen LogP contribution is -2.54. The summed E-state index contributed by atoms with van der Waals surface area (Å²) in [5, 5.41) is 29.0. The van der Waals surface area contributed by atoms with Crippen molar-refractivity contribution in [2.75, 3.05) is 6.61 Å². The maximum atomic E-state index is 10.0. The zero-order chi connectivity index (χ0) is 10.3. The third-order valence-corrected chi connectivity index (χ3v) is 3.61. The maximum absolute atomic E-state index is 10.0. The molecule has 0 amide bonds. The molecule has 0 bridgehead atoms. The summed E-state index contributed by atoms with van der Waals surface area (Å²) in [7, 11) is 0. The van der Waals surface area contributed by atoms with Gasteiger partial charge >= 0.3 is 0 Å². The predicted octanol–water partition coefficient (Wildman–Crippen LogP) is 0.527. The van der Waals surface area contributed by atoms with Crippen LogP contribution in [0.3, 0.4) is 0 Å². The smallest absolute Gasteiger partial charge is 0.0676 e. The SMILES string of the molecule is CC1(O)CCC(O)C(C)(C)C1CO. The molecular weight excluding hydrogens is 168 g/mol. The van der Waals surface area contributed by atoms with E-state index in [1.807, 2.05) is 13.8 Å². The van der Waals surface area contributed by atoms with Gasteiger partial charge in [-0.05, 0) is 25.2 Å². The minimum absolute atomic E-state index is 0.0724. The summed E-state index contributed by atoms with van der Waals surface area (Å²) in [5.41, 5.74) is -1.26. The van der Waals surface area contributed by atoms with Crippen LogP contribution in [0.2, 0.25) is 0 Å². The second-order valence-electron chi connectivity index (χ2n) is 4.97. The third kappa shape index (κ3) is 1.73. The largest absolute Gasteiger partial charge is 0.396 e. The molecule has 3 heteroatoms. The molecule has 1 rings (SSSR count). The van der Waals surface area contributed by atoms with Crippen LogP contribution in [0.25, 0.3) is 0 Å². The van der Waals surface area contributed by atoms with Crippen LogP contribution in [0.1, 0.15) is 33.6 Å². The number of rotatable bonds is 1. The highest BCUT2D eigenvalue weighted by Crippen LogP contribution is 2.45. The summed E-state index contributed by atoms with van der Waals surface area (Å²) < 4.78 is 0. The third-order valence-electron chi connectivity index (χ3n) is 3.61. The molecule has 1 aliphatic carbocycles. The monoisotopic (exact) mass is 188 g/mol. The molecule has 0 aliphatic heterocycles. The van der Waals surface area contributed by atoms with Gasteiger partial charge in [0.2, 0.25) is 0 Å². The number of aliphatic hydroxyl groups is 3. The highest BCUT2D eigenvalue weighted by Gasteiger charge is 2.49. The number of hydrogen-bond donors (Lipinski definition) is 3. The first-order valence-electron chi connectivity index (χ1n) is 4.83. The fraction of sp³-hybridized carbons (Fsp3) is 1.00. The van der Waals surface area contributed by atoms with Crippen molar-refractivity contribution in [2.24, 2.45) is 11.3 Å². The fourth-order valence-corrected chi connectivity index (χ4v) is 2.44. The van der Waals surface area contributed by atoms with E-state index in [4.69, 9.17) is 0 Å². The Hall–Kier alpha value is -0.120. The Morgan fingerprint density at radius 1 is 1.31 bits per heavy atom. The summed E-state index contributed by atoms with van der Waals surface area (Å²) in [4.78, 5) is 0. The summed E-state index contributed by atoms with van der Waals surface area (Å²) >= 11 is 0. The van der Waals surface area contributed by atoms with Gasteiger partial charge < -0.3 is 15.3 Å². The molecule has 0 radical (unpaired) electrons. The maximum Gasteiger partial charge on any atom is 0.0676 e. The predicted molar refractivity (Wildman–Crippen MR) is 50.2 cm³/mol. The van der Waals surface area contributed by atoms with Crippen LogP contribution in [-0.2, 0) is 0 Å². The molecule has 0 aromatic rings. The highest BCUT2D eigenvalue weighted by atomic mass is 16.3. The summed E-state index contributed by atoms with van der Waals surface area (Å²) in [6.45, 7) is 5.46. The summed E-state index contributed by atoms with van der Waals surface area (Å²) in [6, 6.07) is 0. The molecular formula is C10H20O3. The van der Waals surface area contributed by atoms with Crippen LogP contribution in [0.4, 0.5) is 0 Å². The molecule has 1 saturated carbocycles. The number of aliphatic hydroxyl groups excluding tert-OH is 2. The molecule has 3 N–H and O–H groups in total. The molecule has 3 unspecified atom stereocenters. The molecule has 3 nitrogen and oxygen atoms in total. The van der Waals surface area contributed by atoms with E-state index in [-0.39, 0.29) is 12.5 Å². The molecule has 0 aromatic heterocycles. The van der Waals surface area contributed by atoms with Crippen LogP contribution in [-0.4, -0.2) is 33.6 Å². The minimum Gasteiger partial charge on any atom is -0.396 e. The lowest BCUT2D eigenvalue weighted by molar-refractivity contribution is -0.156. The Morgan fingerprint density at radius 3 is 2.23 bits per heavy atom. The van der Waals surface area contributed by atoms with E-state index in [0.717, 1.165) is 0 Å². The van der Waals surface area contributed by atoms with E-state index >= 15 is 0 Å². The van der Waals surface area contributed by atoms with Gasteiger partial charge in [-0.1, -0.05) is 13.8 Å². The first-order valence-corrected chi connectivity index (χ1v) is 4.83. The van der Waals surface area contributed by atoms with Crippen molar-refractivity contribution >= 4 is 0 Å². The Labute approximate surface area is 79.4 Å². The van der Waals surface area contributed by atoms with Gasteiger partial charge in [0.15, 0.2) is 0 Å². The van der Waals surface area contributed by atoms with E-state index in [0.29, 0.717) is 12.8 Å². The first kappa shape index (κ1) is 11.0. The average molecular weight is 188 g/mol. The van der Waals surface area contributed by atoms with Gasteiger partial charge in [0.1, 0.15) is 0 Å². The topological polar surface area (TPSA) is 60.7 Å². The van der Waals surface area contributed by atoms with Crippen LogP contribution < -0.4 is 0 Å². The Kier molecular flexibility index (Phi) is 2.72. The number of hydrogen-bond acceptors (Lipinski definition) is 3. The molecule has 0 heterocycles. The van der Waals surface area contributed by atoms with Crippen LogP contribution in [0.5, 0.6) is 0 Å². The zero-order valence-corrected chi connectivity index (χ0v) is 8.62. The van der Waals surface area contributed by atoms with Gasteiger partial charge in [0.05, 0.1) is 11.7 Å². The first-order chi connectivity index (χ1) is 5.82. The van der Waals surface area contributed by atoms with Gasteiger partial charge in [-0.25, -0.2) is 0 Å². The quantitative estimate of drug-likeness (QED) is 0.562. The van der Waals surface area contributed by atoms with Crippen molar-refractivity contribution in [1.29, 1.82) is 0 Å². The molecule has 0 saturated heterocycles. The molecule has 0 aromatic carbocycles.